The minimum Gasteiger partial charge on any atom is -0.462 e. The summed E-state index contributed by atoms with van der Waals surface area (Å²) in [6, 6.07) is 0. The van der Waals surface area contributed by atoms with E-state index in [1.807, 2.05) is 0 Å². The van der Waals surface area contributed by atoms with Crippen molar-refractivity contribution in [2.75, 3.05) is 13.2 Å². The van der Waals surface area contributed by atoms with Crippen LogP contribution in [-0.4, -0.2) is 98.3 Å². The third-order valence-electron chi connectivity index (χ3n) is 11.1. The van der Waals surface area contributed by atoms with Crippen molar-refractivity contribution in [3.63, 3.8) is 0 Å². The first-order valence-electron chi connectivity index (χ1n) is 24.4. The van der Waals surface area contributed by atoms with Crippen LogP contribution in [0.4, 0.5) is 0 Å². The largest absolute Gasteiger partial charge is 0.472 e. The van der Waals surface area contributed by atoms with Crippen LogP contribution in [0.3, 0.4) is 0 Å². The van der Waals surface area contributed by atoms with Gasteiger partial charge in [-0.1, -0.05) is 152 Å². The number of ether oxygens (including phenoxy) is 2. The molecular weight excluding hydrogens is 828 g/mol. The number of unbranched alkanes of at least 4 members (excludes halogenated alkanes) is 20. The summed E-state index contributed by atoms with van der Waals surface area (Å²) in [5, 5.41) is 50.2. The number of aliphatic hydroxyl groups is 5. The zero-order valence-electron chi connectivity index (χ0n) is 38.9. The molecule has 1 aliphatic rings. The average Bonchev–Trinajstić information content (AvgIpc) is 3.26. The summed E-state index contributed by atoms with van der Waals surface area (Å²) >= 11 is 0. The maximum absolute atomic E-state index is 12.8. The molecule has 1 aliphatic carbocycles. The average molecular weight is 915 g/mol. The third kappa shape index (κ3) is 31.4. The Labute approximate surface area is 380 Å². The second-order valence-electron chi connectivity index (χ2n) is 17.0. The lowest BCUT2D eigenvalue weighted by Gasteiger charge is -2.41. The monoisotopic (exact) mass is 915 g/mol. The van der Waals surface area contributed by atoms with E-state index in [0.717, 1.165) is 64.2 Å². The number of carbonyl (C=O) groups excluding carboxylic acids is 2. The first kappa shape index (κ1) is 58.8. The van der Waals surface area contributed by atoms with Crippen molar-refractivity contribution in [2.45, 2.75) is 236 Å². The Kier molecular flexibility index (Phi) is 36.4. The van der Waals surface area contributed by atoms with Crippen molar-refractivity contribution in [3.8, 4) is 0 Å². The fraction of sp³-hybridized carbons (Fsp3) is 0.796. The molecule has 63 heavy (non-hydrogen) atoms. The summed E-state index contributed by atoms with van der Waals surface area (Å²) in [5.41, 5.74) is 0. The fourth-order valence-corrected chi connectivity index (χ4v) is 8.14. The van der Waals surface area contributed by atoms with E-state index in [4.69, 9.17) is 18.5 Å². The van der Waals surface area contributed by atoms with Gasteiger partial charge in [0.15, 0.2) is 6.10 Å². The minimum atomic E-state index is -5.13. The third-order valence-corrected chi connectivity index (χ3v) is 12.1. The van der Waals surface area contributed by atoms with Crippen LogP contribution < -0.4 is 0 Å². The van der Waals surface area contributed by atoms with Gasteiger partial charge in [-0.25, -0.2) is 4.57 Å². The van der Waals surface area contributed by atoms with Crippen LogP contribution in [0.5, 0.6) is 0 Å². The summed E-state index contributed by atoms with van der Waals surface area (Å²) in [6.45, 7) is 3.24. The summed E-state index contributed by atoms with van der Waals surface area (Å²) in [4.78, 5) is 35.7. The van der Waals surface area contributed by atoms with Gasteiger partial charge in [-0.05, 0) is 77.0 Å². The molecule has 0 bridgehead atoms. The Hall–Kier alpha value is -2.19. The quantitative estimate of drug-likeness (QED) is 0.0147. The smallest absolute Gasteiger partial charge is 0.462 e. The van der Waals surface area contributed by atoms with E-state index in [0.29, 0.717) is 12.8 Å². The van der Waals surface area contributed by atoms with Crippen LogP contribution in [0.2, 0.25) is 0 Å². The predicted octanol–water partition coefficient (Wildman–Crippen LogP) is 9.95. The van der Waals surface area contributed by atoms with Gasteiger partial charge in [-0.15, -0.1) is 0 Å². The maximum atomic E-state index is 12.8. The van der Waals surface area contributed by atoms with Crippen molar-refractivity contribution < 1.29 is 63.1 Å². The molecule has 1 rings (SSSR count). The van der Waals surface area contributed by atoms with Crippen LogP contribution in [0.1, 0.15) is 194 Å². The molecule has 0 aromatic heterocycles. The van der Waals surface area contributed by atoms with Gasteiger partial charge in [0.05, 0.1) is 6.61 Å². The molecule has 0 radical (unpaired) electrons. The molecule has 13 nitrogen and oxygen atoms in total. The molecule has 0 aromatic carbocycles. The molecule has 0 aliphatic heterocycles. The van der Waals surface area contributed by atoms with Crippen molar-refractivity contribution in [3.05, 3.63) is 48.6 Å². The molecule has 366 valence electrons. The van der Waals surface area contributed by atoms with E-state index >= 15 is 0 Å². The number of hydrogen-bond acceptors (Lipinski definition) is 12. The number of carbonyl (C=O) groups is 2. The molecule has 0 amide bonds. The number of hydrogen-bond donors (Lipinski definition) is 6. The lowest BCUT2D eigenvalue weighted by atomic mass is 9.85. The van der Waals surface area contributed by atoms with Gasteiger partial charge in [0.2, 0.25) is 0 Å². The summed E-state index contributed by atoms with van der Waals surface area (Å²) in [7, 11) is -5.13. The lowest BCUT2D eigenvalue weighted by molar-refractivity contribution is -0.220. The van der Waals surface area contributed by atoms with Crippen molar-refractivity contribution in [2.24, 2.45) is 0 Å². The molecule has 0 aromatic rings. The first-order valence-corrected chi connectivity index (χ1v) is 25.9. The first-order chi connectivity index (χ1) is 30.4. The summed E-state index contributed by atoms with van der Waals surface area (Å²) in [6.07, 6.45) is 33.0. The zero-order chi connectivity index (χ0) is 46.4. The van der Waals surface area contributed by atoms with Crippen molar-refractivity contribution in [1.29, 1.82) is 0 Å². The van der Waals surface area contributed by atoms with E-state index in [2.05, 4.69) is 62.5 Å². The van der Waals surface area contributed by atoms with Crippen LogP contribution in [-0.2, 0) is 32.7 Å². The molecule has 1 fully saturated rings. The molecule has 0 spiro atoms. The van der Waals surface area contributed by atoms with Crippen LogP contribution in [0.15, 0.2) is 48.6 Å². The predicted molar refractivity (Wildman–Crippen MR) is 249 cm³/mol. The van der Waals surface area contributed by atoms with E-state index in [1.54, 1.807) is 0 Å². The number of allylic oxidation sites excluding steroid dienone is 8. The van der Waals surface area contributed by atoms with Gasteiger partial charge in [-0.2, -0.15) is 0 Å². The molecule has 0 heterocycles. The van der Waals surface area contributed by atoms with E-state index in [-0.39, 0.29) is 12.8 Å². The van der Waals surface area contributed by atoms with Gasteiger partial charge in [0.1, 0.15) is 43.2 Å². The second-order valence-corrected chi connectivity index (χ2v) is 18.4. The normalized spacial score (nSPS) is 22.1. The molecule has 6 unspecified atom stereocenters. The number of esters is 2. The van der Waals surface area contributed by atoms with Crippen LogP contribution in [0, 0.1) is 0 Å². The Morgan fingerprint density at radius 1 is 0.492 bits per heavy atom. The number of phosphoric ester groups is 1. The van der Waals surface area contributed by atoms with Crippen LogP contribution >= 0.6 is 7.82 Å². The highest BCUT2D eigenvalue weighted by molar-refractivity contribution is 7.47. The van der Waals surface area contributed by atoms with Gasteiger partial charge in [0, 0.05) is 12.8 Å². The summed E-state index contributed by atoms with van der Waals surface area (Å²) in [5.74, 6) is -1.14. The van der Waals surface area contributed by atoms with Crippen molar-refractivity contribution >= 4 is 19.8 Å². The standard InChI is InChI=1S/C49H87O13P/c1-3-5-7-9-11-13-15-17-19-20-21-22-24-26-28-30-32-34-36-38-43(51)61-41(40-60-63(57,58)62-49-47(55)45(53)44(52)46(54)48(49)56)39-59-42(50)37-35-33-31-29-27-25-23-18-16-14-12-10-8-6-4-2/h11,13,17-19,23,27,29,41,44-49,52-56H,3-10,12,14-16,20-22,24-26,28,30-40H2,1-2H3,(H,57,58)/b13-11+,19-17+,23-18+,29-27+/t41-,44?,45-,46?,47?,48?,49?/m1/s1. The highest BCUT2D eigenvalue weighted by atomic mass is 31.2. The SMILES string of the molecule is CCCCC/C=C/C/C=C/CCCCCCCCCCCC(=O)O[C@H](COC(=O)CCCC/C=C/C/C=C/CCCCCCCC)COP(=O)(O)OC1C(O)C(O)C(O)[C@@H](O)C1O. The Morgan fingerprint density at radius 3 is 1.35 bits per heavy atom. The van der Waals surface area contributed by atoms with Crippen LogP contribution in [0.25, 0.3) is 0 Å². The number of rotatable bonds is 40. The lowest BCUT2D eigenvalue weighted by Crippen LogP contribution is -2.64. The van der Waals surface area contributed by atoms with E-state index < -0.39 is 75.7 Å². The highest BCUT2D eigenvalue weighted by Crippen LogP contribution is 2.47. The van der Waals surface area contributed by atoms with E-state index in [9.17, 15) is 44.6 Å². The highest BCUT2D eigenvalue weighted by Gasteiger charge is 2.51. The number of aliphatic hydroxyl groups excluding tert-OH is 5. The Morgan fingerprint density at radius 2 is 0.857 bits per heavy atom. The Bertz CT molecular complexity index is 1290. The molecule has 1 saturated carbocycles. The molecular formula is C49H87O13P. The van der Waals surface area contributed by atoms with Gasteiger partial charge in [-0.3, -0.25) is 18.6 Å². The second kappa shape index (κ2) is 39.0. The fourth-order valence-electron chi connectivity index (χ4n) is 7.17. The molecule has 0 saturated heterocycles. The Balaban J connectivity index is 2.45. The number of phosphoric acid groups is 1. The van der Waals surface area contributed by atoms with E-state index in [1.165, 1.54) is 89.9 Å². The van der Waals surface area contributed by atoms with Gasteiger partial charge >= 0.3 is 19.8 Å². The summed E-state index contributed by atoms with van der Waals surface area (Å²) < 4.78 is 33.5. The topological polar surface area (TPSA) is 210 Å². The minimum absolute atomic E-state index is 0.0842. The van der Waals surface area contributed by atoms with Crippen molar-refractivity contribution in [1.82, 2.24) is 0 Å². The van der Waals surface area contributed by atoms with Gasteiger partial charge < -0.3 is 39.9 Å². The maximum Gasteiger partial charge on any atom is 0.472 e. The molecule has 14 heteroatoms. The molecule has 6 N–H and O–H groups in total. The zero-order valence-corrected chi connectivity index (χ0v) is 39.8. The molecule has 8 atom stereocenters. The van der Waals surface area contributed by atoms with Gasteiger partial charge in [0.25, 0.3) is 0 Å².